The van der Waals surface area contributed by atoms with Crippen molar-refractivity contribution in [3.05, 3.63) is 29.8 Å². The number of nitrogens with one attached hydrogen (secondary N) is 2. The monoisotopic (exact) mass is 417 g/mol. The Balaban J connectivity index is 3.05. The number of ether oxygens (including phenoxy) is 1. The zero-order valence-electron chi connectivity index (χ0n) is 18.2. The van der Waals surface area contributed by atoms with Gasteiger partial charge in [0, 0.05) is 12.1 Å². The molecule has 0 aliphatic carbocycles. The number of aromatic hydroxyl groups is 1. The lowest BCUT2D eigenvalue weighted by molar-refractivity contribution is -0.136. The van der Waals surface area contributed by atoms with Gasteiger partial charge in [0.2, 0.25) is 5.91 Å². The van der Waals surface area contributed by atoms with Crippen molar-refractivity contribution < 1.29 is 24.2 Å². The molecule has 164 valence electrons. The molecule has 0 fully saturated rings. The van der Waals surface area contributed by atoms with Crippen molar-refractivity contribution in [3.8, 4) is 18.2 Å². The molecule has 2 atom stereocenters. The summed E-state index contributed by atoms with van der Waals surface area (Å²) in [6.45, 7) is 8.52. The van der Waals surface area contributed by atoms with E-state index in [1.807, 2.05) is 13.8 Å². The summed E-state index contributed by atoms with van der Waals surface area (Å²) in [5.41, 5.74) is -0.291. The van der Waals surface area contributed by atoms with Gasteiger partial charge in [0.25, 0.3) is 5.91 Å². The van der Waals surface area contributed by atoms with Crippen LogP contribution in [0, 0.1) is 12.5 Å². The summed E-state index contributed by atoms with van der Waals surface area (Å²) in [7, 11) is 0. The largest absolute Gasteiger partial charge is 0.508 e. The predicted octanol–water partition coefficient (Wildman–Crippen LogP) is 2.68. The minimum absolute atomic E-state index is 0.0161. The van der Waals surface area contributed by atoms with E-state index in [2.05, 4.69) is 16.7 Å². The highest BCUT2D eigenvalue weighted by Crippen LogP contribution is 2.23. The third-order valence-corrected chi connectivity index (χ3v) is 4.02. The molecule has 0 aromatic heterocycles. The van der Waals surface area contributed by atoms with Crippen molar-refractivity contribution in [1.29, 1.82) is 0 Å². The molecule has 0 radical (unpaired) electrons. The summed E-state index contributed by atoms with van der Waals surface area (Å²) in [6, 6.07) is 6.85. The zero-order chi connectivity index (χ0) is 22.9. The van der Waals surface area contributed by atoms with Gasteiger partial charge >= 0.3 is 6.09 Å². The van der Waals surface area contributed by atoms with Crippen molar-refractivity contribution in [3.63, 3.8) is 0 Å². The van der Waals surface area contributed by atoms with Gasteiger partial charge in [0.1, 0.15) is 23.9 Å². The number of phenols is 1. The van der Waals surface area contributed by atoms with Crippen LogP contribution in [0.3, 0.4) is 0 Å². The van der Waals surface area contributed by atoms with Crippen LogP contribution in [0.25, 0.3) is 0 Å². The molecule has 1 aromatic carbocycles. The Hall–Kier alpha value is -3.21. The number of benzene rings is 1. The van der Waals surface area contributed by atoms with Gasteiger partial charge in [0.15, 0.2) is 0 Å². The second-order valence-corrected chi connectivity index (χ2v) is 7.94. The number of rotatable bonds is 8. The lowest BCUT2D eigenvalue weighted by Gasteiger charge is -2.28. The van der Waals surface area contributed by atoms with Gasteiger partial charge in [-0.3, -0.25) is 14.5 Å². The first-order chi connectivity index (χ1) is 14.0. The van der Waals surface area contributed by atoms with Crippen LogP contribution >= 0.6 is 0 Å². The molecule has 0 spiro atoms. The fourth-order valence-electron chi connectivity index (χ4n) is 2.74. The van der Waals surface area contributed by atoms with Gasteiger partial charge in [0.05, 0.1) is 0 Å². The molecular weight excluding hydrogens is 386 g/mol. The van der Waals surface area contributed by atoms with Crippen LogP contribution < -0.4 is 10.6 Å². The summed E-state index contributed by atoms with van der Waals surface area (Å²) in [4.78, 5) is 38.5. The molecule has 0 saturated carbocycles. The van der Waals surface area contributed by atoms with Crippen LogP contribution in [-0.4, -0.2) is 46.1 Å². The average molecular weight is 418 g/mol. The van der Waals surface area contributed by atoms with Crippen LogP contribution in [0.5, 0.6) is 5.75 Å². The van der Waals surface area contributed by atoms with Crippen LogP contribution in [0.4, 0.5) is 4.79 Å². The lowest BCUT2D eigenvalue weighted by Crippen LogP contribution is -2.47. The zero-order valence-corrected chi connectivity index (χ0v) is 18.2. The second kappa shape index (κ2) is 11.1. The van der Waals surface area contributed by atoms with Crippen LogP contribution in [0.1, 0.15) is 59.1 Å². The van der Waals surface area contributed by atoms with E-state index >= 15 is 0 Å². The Morgan fingerprint density at radius 2 is 1.83 bits per heavy atom. The fraction of sp³-hybridized carbons (Fsp3) is 0.500. The molecule has 0 heterocycles. The van der Waals surface area contributed by atoms with Crippen molar-refractivity contribution >= 4 is 17.9 Å². The van der Waals surface area contributed by atoms with E-state index in [0.29, 0.717) is 5.56 Å². The summed E-state index contributed by atoms with van der Waals surface area (Å²) >= 11 is 0. The number of carbonyl (C=O) groups excluding carboxylic acids is 3. The first-order valence-electron chi connectivity index (χ1n) is 9.83. The Morgan fingerprint density at radius 3 is 2.33 bits per heavy atom. The smallest absolute Gasteiger partial charge is 0.408 e. The number of hydrogen-bond donors (Lipinski definition) is 3. The van der Waals surface area contributed by atoms with Crippen LogP contribution in [0.15, 0.2) is 24.3 Å². The van der Waals surface area contributed by atoms with Gasteiger partial charge in [-0.2, -0.15) is 0 Å². The molecule has 1 aromatic rings. The summed E-state index contributed by atoms with van der Waals surface area (Å²) in [5, 5.41) is 14.8. The fourth-order valence-corrected chi connectivity index (χ4v) is 2.74. The number of phenolic OH excluding ortho intramolecular Hbond substituents is 1. The Morgan fingerprint density at radius 1 is 1.23 bits per heavy atom. The van der Waals surface area contributed by atoms with E-state index < -0.39 is 36.1 Å². The van der Waals surface area contributed by atoms with Crippen LogP contribution in [-0.2, 0) is 14.3 Å². The van der Waals surface area contributed by atoms with Gasteiger partial charge in [-0.15, -0.1) is 0 Å². The Kier molecular flexibility index (Phi) is 9.18. The first-order valence-corrected chi connectivity index (χ1v) is 9.83. The molecule has 0 aliphatic heterocycles. The molecule has 2 unspecified atom stereocenters. The number of alkyl carbamates (subject to hydrolysis) is 1. The third-order valence-electron chi connectivity index (χ3n) is 4.02. The third kappa shape index (κ3) is 8.03. The van der Waals surface area contributed by atoms with Crippen LogP contribution in [0.2, 0.25) is 0 Å². The van der Waals surface area contributed by atoms with E-state index in [9.17, 15) is 19.5 Å². The number of amides is 3. The normalized spacial score (nSPS) is 12.8. The predicted molar refractivity (Wildman–Crippen MR) is 113 cm³/mol. The van der Waals surface area contributed by atoms with Gasteiger partial charge in [-0.05, 0) is 51.8 Å². The molecule has 0 aliphatic rings. The Labute approximate surface area is 178 Å². The van der Waals surface area contributed by atoms with Crippen molar-refractivity contribution in [1.82, 2.24) is 15.5 Å². The number of carbonyl (C=O) groups is 3. The van der Waals surface area contributed by atoms with Crippen molar-refractivity contribution in [2.45, 2.75) is 65.1 Å². The number of terminal acetylenes is 1. The summed E-state index contributed by atoms with van der Waals surface area (Å²) in [5.74, 6) is -1.09. The molecule has 0 saturated heterocycles. The number of nitrogens with zero attached hydrogens (tertiary/aromatic N) is 1. The molecule has 8 heteroatoms. The summed E-state index contributed by atoms with van der Waals surface area (Å²) in [6.07, 6.45) is 6.43. The average Bonchev–Trinajstić information content (AvgIpc) is 2.63. The quantitative estimate of drug-likeness (QED) is 0.445. The minimum atomic E-state index is -1.12. The van der Waals surface area contributed by atoms with E-state index in [4.69, 9.17) is 11.2 Å². The lowest BCUT2D eigenvalue weighted by atomic mass is 10.0. The van der Waals surface area contributed by atoms with E-state index in [-0.39, 0.29) is 11.8 Å². The SMILES string of the molecule is C#CN(C(=O)CNC(=O)OC(C)(C)C)C(C(=O)NC(C)CCC)c1ccc(O)cc1. The van der Waals surface area contributed by atoms with Gasteiger partial charge in [-0.1, -0.05) is 31.9 Å². The van der Waals surface area contributed by atoms with Crippen molar-refractivity contribution in [2.24, 2.45) is 0 Å². The topological polar surface area (TPSA) is 108 Å². The molecule has 0 bridgehead atoms. The van der Waals surface area contributed by atoms with E-state index in [0.717, 1.165) is 17.7 Å². The highest BCUT2D eigenvalue weighted by Gasteiger charge is 2.31. The first kappa shape index (κ1) is 24.8. The second-order valence-electron chi connectivity index (χ2n) is 7.94. The summed E-state index contributed by atoms with van der Waals surface area (Å²) < 4.78 is 5.11. The minimum Gasteiger partial charge on any atom is -0.508 e. The molecule has 3 amide bonds. The van der Waals surface area contributed by atoms with Crippen molar-refractivity contribution in [2.75, 3.05) is 6.54 Å². The maximum Gasteiger partial charge on any atom is 0.408 e. The molecule has 3 N–H and O–H groups in total. The maximum atomic E-state index is 13.0. The standard InChI is InChI=1S/C22H31N3O5/c1-7-9-15(3)24-20(28)19(16-10-12-17(26)13-11-16)25(8-2)18(27)14-23-21(29)30-22(4,5)6/h2,10-13,15,19,26H,7,9,14H2,1,3-6H3,(H,23,29)(H,24,28). The molecule has 30 heavy (non-hydrogen) atoms. The Bertz CT molecular complexity index is 777. The maximum absolute atomic E-state index is 13.0. The highest BCUT2D eigenvalue weighted by atomic mass is 16.6. The molecular formula is C22H31N3O5. The molecule has 1 rings (SSSR count). The van der Waals surface area contributed by atoms with E-state index in [1.165, 1.54) is 24.3 Å². The van der Waals surface area contributed by atoms with Gasteiger partial charge < -0.3 is 20.5 Å². The molecule has 8 nitrogen and oxygen atoms in total. The number of hydrogen-bond acceptors (Lipinski definition) is 5. The highest BCUT2D eigenvalue weighted by molar-refractivity contribution is 5.91. The van der Waals surface area contributed by atoms with Gasteiger partial charge in [-0.25, -0.2) is 4.79 Å². The van der Waals surface area contributed by atoms with E-state index in [1.54, 1.807) is 20.8 Å².